The Hall–Kier alpha value is -12.8. The summed E-state index contributed by atoms with van der Waals surface area (Å²) in [7, 11) is 6.19. The Balaban J connectivity index is 0.000000193. The smallest absolute Gasteiger partial charge is 0.287 e. The van der Waals surface area contributed by atoms with Crippen LogP contribution < -0.4 is 29.6 Å². The quantitative estimate of drug-likeness (QED) is 0.0390. The van der Waals surface area contributed by atoms with Crippen molar-refractivity contribution in [2.24, 2.45) is 20.0 Å². The first-order valence-electron chi connectivity index (χ1n) is 35.1. The average molecular weight is 1490 g/mol. The van der Waals surface area contributed by atoms with Crippen LogP contribution in [0.4, 0.5) is 46.5 Å². The van der Waals surface area contributed by atoms with E-state index in [1.54, 1.807) is 77.0 Å². The molecule has 14 rings (SSSR count). The minimum absolute atomic E-state index is 0.137. The van der Waals surface area contributed by atoms with Gasteiger partial charge in [-0.1, -0.05) is 231 Å². The van der Waals surface area contributed by atoms with Crippen molar-refractivity contribution in [2.45, 2.75) is 47.3 Å². The third-order valence-corrected chi connectivity index (χ3v) is 19.5. The zero-order chi connectivity index (χ0) is 76.8. The van der Waals surface area contributed by atoms with Crippen molar-refractivity contribution in [1.82, 2.24) is 10.6 Å². The lowest BCUT2D eigenvalue weighted by Crippen LogP contribution is -2.55. The first-order chi connectivity index (χ1) is 53.6. The molecule has 556 valence electrons. The molecular formula is C90H74F8N6O6. The SMILES string of the molecule is COc1ccc(C(NC2=N[C@@](c3cc(N=C(c4ccccc4)c4ccccc4)ccc3F)(C(F)F)[C@@H](F)CO2)(c2ccccc2)c2ccc(OC)cc2)cc1.COc1ccc(C(NC2=N[C@@](c3cc(N=C(c4ccccc4)c4ccccc4)ccc3F)(C(F)F)[C@H](F)CO2)(c2ccccc2)c2ccc(OC)cc2)cc1. The molecule has 4 atom stereocenters. The molecule has 0 aliphatic carbocycles. The van der Waals surface area contributed by atoms with Crippen LogP contribution >= 0.6 is 0 Å². The molecule has 2 N–H and O–H groups in total. The highest BCUT2D eigenvalue weighted by Gasteiger charge is 2.57. The molecule has 2 aliphatic rings. The van der Waals surface area contributed by atoms with Gasteiger partial charge in [-0.25, -0.2) is 55.1 Å². The third kappa shape index (κ3) is 15.3. The van der Waals surface area contributed by atoms with E-state index in [0.29, 0.717) is 67.8 Å². The van der Waals surface area contributed by atoms with Crippen molar-refractivity contribution in [1.29, 1.82) is 0 Å². The van der Waals surface area contributed by atoms with Gasteiger partial charge in [-0.15, -0.1) is 0 Å². The molecule has 12 nitrogen and oxygen atoms in total. The van der Waals surface area contributed by atoms with Gasteiger partial charge in [0.2, 0.25) is 0 Å². The topological polar surface area (TPSA) is 129 Å². The predicted octanol–water partition coefficient (Wildman–Crippen LogP) is 19.6. The Labute approximate surface area is 631 Å². The normalized spacial score (nSPS) is 16.8. The lowest BCUT2D eigenvalue weighted by Gasteiger charge is -2.41. The molecule has 2 heterocycles. The van der Waals surface area contributed by atoms with Crippen LogP contribution in [0.5, 0.6) is 23.0 Å². The van der Waals surface area contributed by atoms with Crippen LogP contribution in [0.25, 0.3) is 0 Å². The van der Waals surface area contributed by atoms with Crippen LogP contribution in [0.3, 0.4) is 0 Å². The van der Waals surface area contributed by atoms with E-state index in [9.17, 15) is 0 Å². The number of benzene rings is 12. The summed E-state index contributed by atoms with van der Waals surface area (Å²) in [6.07, 6.45) is -11.8. The maximum Gasteiger partial charge on any atom is 0.287 e. The van der Waals surface area contributed by atoms with Crippen molar-refractivity contribution in [3.63, 3.8) is 0 Å². The maximum absolute atomic E-state index is 16.3. The molecule has 12 aromatic carbocycles. The van der Waals surface area contributed by atoms with Gasteiger partial charge in [0, 0.05) is 33.4 Å². The fraction of sp³-hybridized carbons (Fsp3) is 0.156. The molecule has 0 bridgehead atoms. The lowest BCUT2D eigenvalue weighted by molar-refractivity contribution is -0.0320. The predicted molar refractivity (Wildman–Crippen MR) is 412 cm³/mol. The highest BCUT2D eigenvalue weighted by atomic mass is 19.3. The number of amidine groups is 2. The minimum Gasteiger partial charge on any atom is -0.497 e. The third-order valence-electron chi connectivity index (χ3n) is 19.5. The zero-order valence-corrected chi connectivity index (χ0v) is 60.0. The van der Waals surface area contributed by atoms with E-state index in [1.807, 2.05) is 231 Å². The van der Waals surface area contributed by atoms with Gasteiger partial charge in [-0.2, -0.15) is 0 Å². The van der Waals surface area contributed by atoms with Crippen molar-refractivity contribution in [2.75, 3.05) is 41.7 Å². The van der Waals surface area contributed by atoms with Gasteiger partial charge in [0.1, 0.15) is 58.9 Å². The summed E-state index contributed by atoms with van der Waals surface area (Å²) in [6, 6.07) is 90.6. The van der Waals surface area contributed by atoms with Gasteiger partial charge in [0.15, 0.2) is 23.4 Å². The average Bonchev–Trinajstić information content (AvgIpc) is 0.739. The Kier molecular flexibility index (Phi) is 23.0. The summed E-state index contributed by atoms with van der Waals surface area (Å²) >= 11 is 0. The van der Waals surface area contributed by atoms with Crippen molar-refractivity contribution in [3.05, 3.63) is 394 Å². The molecular weight excluding hydrogens is 1410 g/mol. The Morgan fingerprint density at radius 2 is 0.609 bits per heavy atom. The second-order valence-corrected chi connectivity index (χ2v) is 25.8. The zero-order valence-electron chi connectivity index (χ0n) is 60.0. The van der Waals surface area contributed by atoms with E-state index in [2.05, 4.69) is 20.6 Å². The van der Waals surface area contributed by atoms with E-state index in [-0.39, 0.29) is 11.4 Å². The molecule has 0 saturated carbocycles. The van der Waals surface area contributed by atoms with Crippen LogP contribution in [0.1, 0.15) is 66.8 Å². The number of methoxy groups -OCH3 is 4. The van der Waals surface area contributed by atoms with E-state index in [1.165, 1.54) is 12.1 Å². The lowest BCUT2D eigenvalue weighted by atomic mass is 9.77. The first-order valence-corrected chi connectivity index (χ1v) is 35.1. The largest absolute Gasteiger partial charge is 0.497 e. The number of ether oxygens (including phenoxy) is 6. The Bertz CT molecular complexity index is 4690. The molecule has 0 unspecified atom stereocenters. The molecule has 20 heteroatoms. The molecule has 0 aromatic heterocycles. The molecule has 12 aromatic rings. The molecule has 0 fully saturated rings. The molecule has 0 spiro atoms. The number of aliphatic imine (C=N–C) groups is 4. The number of rotatable bonds is 22. The standard InChI is InChI=1S/2C45H37F4N3O3/c2*1-53-36-23-18-33(19-24-36)44(32-16-10-5-11-17-32,34-20-25-37(54-2)26-21-34)51-43-52-45(42(48)49,40(47)29-55-43)38-28-35(22-27-39(38)46)50-41(30-12-6-3-7-13-30)31-14-8-4-9-15-31/h2*3-28,40,42H,29H2,1-2H3,(H,51,52)/t40-,45+;40-,45-/m01/s1. The number of nitrogens with one attached hydrogen (secondary N) is 2. The summed E-state index contributed by atoms with van der Waals surface area (Å²) in [5.74, 6) is 0.225. The summed E-state index contributed by atoms with van der Waals surface area (Å²) in [5.41, 5.74) is -1.74. The summed E-state index contributed by atoms with van der Waals surface area (Å²) in [4.78, 5) is 18.2. The van der Waals surface area contributed by atoms with E-state index >= 15 is 35.1 Å². The van der Waals surface area contributed by atoms with Crippen LogP contribution in [0.2, 0.25) is 0 Å². The molecule has 0 saturated heterocycles. The van der Waals surface area contributed by atoms with E-state index in [0.717, 1.165) is 46.5 Å². The first kappa shape index (κ1) is 75.4. The second kappa shape index (κ2) is 33.5. The number of halogens is 8. The van der Waals surface area contributed by atoms with Crippen molar-refractivity contribution in [3.8, 4) is 23.0 Å². The van der Waals surface area contributed by atoms with Crippen LogP contribution in [-0.2, 0) is 31.6 Å². The van der Waals surface area contributed by atoms with Crippen molar-refractivity contribution < 1.29 is 63.5 Å². The highest BCUT2D eigenvalue weighted by Crippen LogP contribution is 2.48. The van der Waals surface area contributed by atoms with Gasteiger partial charge < -0.3 is 39.1 Å². The molecule has 2 aliphatic heterocycles. The number of nitrogens with zero attached hydrogens (tertiary/aromatic N) is 4. The molecule has 0 amide bonds. The molecule has 0 radical (unpaired) electrons. The van der Waals surface area contributed by atoms with E-state index in [4.69, 9.17) is 38.4 Å². The molecule has 110 heavy (non-hydrogen) atoms. The van der Waals surface area contributed by atoms with Crippen LogP contribution in [0, 0.1) is 11.6 Å². The van der Waals surface area contributed by atoms with Crippen LogP contribution in [-0.4, -0.2) is 90.3 Å². The number of hydrogen-bond donors (Lipinski definition) is 2. The maximum atomic E-state index is 16.3. The van der Waals surface area contributed by atoms with Crippen LogP contribution in [0.15, 0.2) is 335 Å². The van der Waals surface area contributed by atoms with Gasteiger partial charge in [0.05, 0.1) is 51.2 Å². The summed E-state index contributed by atoms with van der Waals surface area (Å²) < 4.78 is 161. The monoisotopic (exact) mass is 1490 g/mol. The van der Waals surface area contributed by atoms with Crippen molar-refractivity contribution >= 4 is 34.8 Å². The van der Waals surface area contributed by atoms with Gasteiger partial charge in [0.25, 0.3) is 24.9 Å². The van der Waals surface area contributed by atoms with Gasteiger partial charge in [-0.3, -0.25) is 0 Å². The number of hydrogen-bond acceptors (Lipinski definition) is 12. The fourth-order valence-electron chi connectivity index (χ4n) is 13.8. The Morgan fingerprint density at radius 1 is 0.364 bits per heavy atom. The van der Waals surface area contributed by atoms with E-state index < -0.39 is 95.4 Å². The Morgan fingerprint density at radius 3 is 0.855 bits per heavy atom. The summed E-state index contributed by atoms with van der Waals surface area (Å²) in [5, 5.41) is 6.60. The number of alkyl halides is 6. The summed E-state index contributed by atoms with van der Waals surface area (Å²) in [6.45, 7) is -1.67. The minimum atomic E-state index is -3.49. The van der Waals surface area contributed by atoms with Gasteiger partial charge in [-0.05, 0) is 118 Å². The second-order valence-electron chi connectivity index (χ2n) is 25.8. The highest BCUT2D eigenvalue weighted by molar-refractivity contribution is 6.14. The van der Waals surface area contributed by atoms with Gasteiger partial charge >= 0.3 is 0 Å². The fourth-order valence-corrected chi connectivity index (χ4v) is 13.8.